The Labute approximate surface area is 134 Å². The van der Waals surface area contributed by atoms with Gasteiger partial charge in [-0.2, -0.15) is 0 Å². The highest BCUT2D eigenvalue weighted by Crippen LogP contribution is 2.11. The van der Waals surface area contributed by atoms with Crippen LogP contribution in [0.1, 0.15) is 33.3 Å². The van der Waals surface area contributed by atoms with Gasteiger partial charge in [0.05, 0.1) is 0 Å². The predicted molar refractivity (Wildman–Crippen MR) is 93.5 cm³/mol. The number of nitrogens with zero attached hydrogens (tertiary/aromatic N) is 1. The number of nitrogens with one attached hydrogen (secondary N) is 1. The van der Waals surface area contributed by atoms with Crippen molar-refractivity contribution in [2.24, 2.45) is 0 Å². The first-order chi connectivity index (χ1) is 10.4. The van der Waals surface area contributed by atoms with E-state index in [1.54, 1.807) is 4.90 Å². The molecule has 0 spiro atoms. The number of carbonyl (C=O) groups is 1. The van der Waals surface area contributed by atoms with Gasteiger partial charge < -0.3 is 10.2 Å². The van der Waals surface area contributed by atoms with Crippen molar-refractivity contribution in [3.63, 3.8) is 0 Å². The predicted octanol–water partition coefficient (Wildman–Crippen LogP) is 3.53. The van der Waals surface area contributed by atoms with Gasteiger partial charge in [0, 0.05) is 25.2 Å². The van der Waals surface area contributed by atoms with E-state index < -0.39 is 0 Å². The highest BCUT2D eigenvalue weighted by molar-refractivity contribution is 5.82. The summed E-state index contributed by atoms with van der Waals surface area (Å²) < 4.78 is 0. The summed E-state index contributed by atoms with van der Waals surface area (Å²) in [5.74, 6) is 0.0870. The molecule has 0 fully saturated rings. The Morgan fingerprint density at radius 2 is 1.91 bits per heavy atom. The highest BCUT2D eigenvalue weighted by Gasteiger charge is 2.24. The molecule has 1 unspecified atom stereocenters. The van der Waals surface area contributed by atoms with Crippen LogP contribution >= 0.6 is 0 Å². The fourth-order valence-corrected chi connectivity index (χ4v) is 2.05. The first kappa shape index (κ1) is 18.0. The van der Waals surface area contributed by atoms with Crippen LogP contribution in [0.25, 0.3) is 0 Å². The molecule has 0 aliphatic carbocycles. The van der Waals surface area contributed by atoms with E-state index in [1.807, 2.05) is 71.2 Å². The summed E-state index contributed by atoms with van der Waals surface area (Å²) >= 11 is 0. The molecule has 3 heteroatoms. The minimum atomic E-state index is -0.308. The molecule has 1 N–H and O–H groups in total. The lowest BCUT2D eigenvalue weighted by molar-refractivity contribution is -0.133. The Kier molecular flexibility index (Phi) is 6.90. The first-order valence-corrected chi connectivity index (χ1v) is 7.76. The molecule has 0 saturated heterocycles. The summed E-state index contributed by atoms with van der Waals surface area (Å²) in [5.41, 5.74) is 2.99. The van der Waals surface area contributed by atoms with Gasteiger partial charge in [-0.3, -0.25) is 4.79 Å². The minimum Gasteiger partial charge on any atom is -0.374 e. The fourth-order valence-electron chi connectivity index (χ4n) is 2.05. The van der Waals surface area contributed by atoms with E-state index in [2.05, 4.69) is 11.9 Å². The van der Waals surface area contributed by atoms with Gasteiger partial charge >= 0.3 is 0 Å². The van der Waals surface area contributed by atoms with Crippen LogP contribution in [0.4, 0.5) is 0 Å². The van der Waals surface area contributed by atoms with Crippen molar-refractivity contribution >= 4 is 5.91 Å². The molecule has 0 saturated carbocycles. The zero-order chi connectivity index (χ0) is 16.7. The SMILES string of the molecule is C=C(NC(Cc1ccccc1)C(=O)N(C)C(C)C)C(C)=CC. The van der Waals surface area contributed by atoms with Crippen LogP contribution in [-0.2, 0) is 11.2 Å². The zero-order valence-corrected chi connectivity index (χ0v) is 14.4. The maximum Gasteiger partial charge on any atom is 0.245 e. The lowest BCUT2D eigenvalue weighted by atomic mass is 10.0. The standard InChI is InChI=1S/C19H28N2O/c1-7-15(4)16(5)20-18(19(22)21(6)14(2)3)13-17-11-9-8-10-12-17/h7-12,14,18,20H,5,13H2,1-4,6H3. The topological polar surface area (TPSA) is 32.3 Å². The van der Waals surface area contributed by atoms with E-state index >= 15 is 0 Å². The smallest absolute Gasteiger partial charge is 0.245 e. The van der Waals surface area contributed by atoms with Crippen LogP contribution < -0.4 is 5.32 Å². The molecule has 3 nitrogen and oxygen atoms in total. The molecule has 0 radical (unpaired) electrons. The Balaban J connectivity index is 2.94. The van der Waals surface area contributed by atoms with Crippen molar-refractivity contribution in [3.05, 3.63) is 59.8 Å². The zero-order valence-electron chi connectivity index (χ0n) is 14.4. The third-order valence-electron chi connectivity index (χ3n) is 3.96. The average Bonchev–Trinajstić information content (AvgIpc) is 2.52. The van der Waals surface area contributed by atoms with Crippen molar-refractivity contribution in [1.82, 2.24) is 10.2 Å². The second kappa shape index (κ2) is 8.42. The van der Waals surface area contributed by atoms with Crippen LogP contribution in [-0.4, -0.2) is 29.9 Å². The normalized spacial score (nSPS) is 12.9. The number of benzene rings is 1. The third kappa shape index (κ3) is 5.06. The van der Waals surface area contributed by atoms with Crippen molar-refractivity contribution in [2.45, 2.75) is 46.2 Å². The average molecular weight is 300 g/mol. The van der Waals surface area contributed by atoms with Gasteiger partial charge in [0.25, 0.3) is 0 Å². The van der Waals surface area contributed by atoms with Crippen molar-refractivity contribution in [1.29, 1.82) is 0 Å². The highest BCUT2D eigenvalue weighted by atomic mass is 16.2. The molecule has 22 heavy (non-hydrogen) atoms. The Morgan fingerprint density at radius 3 is 2.41 bits per heavy atom. The molecule has 1 atom stereocenters. The first-order valence-electron chi connectivity index (χ1n) is 7.76. The summed E-state index contributed by atoms with van der Waals surface area (Å²) in [4.78, 5) is 14.5. The van der Waals surface area contributed by atoms with Gasteiger partial charge in [0.1, 0.15) is 6.04 Å². The van der Waals surface area contributed by atoms with E-state index in [4.69, 9.17) is 0 Å². The summed E-state index contributed by atoms with van der Waals surface area (Å²) in [7, 11) is 1.85. The molecule has 1 amide bonds. The Bertz CT molecular complexity index is 532. The molecular weight excluding hydrogens is 272 g/mol. The van der Waals surface area contributed by atoms with E-state index in [0.29, 0.717) is 6.42 Å². The van der Waals surface area contributed by atoms with Gasteiger partial charge in [-0.15, -0.1) is 0 Å². The van der Waals surface area contributed by atoms with E-state index in [0.717, 1.165) is 16.8 Å². The van der Waals surface area contributed by atoms with E-state index in [1.165, 1.54) is 0 Å². The lowest BCUT2D eigenvalue weighted by Gasteiger charge is -2.29. The van der Waals surface area contributed by atoms with Crippen molar-refractivity contribution in [2.75, 3.05) is 7.05 Å². The second-order valence-corrected chi connectivity index (χ2v) is 5.88. The lowest BCUT2D eigenvalue weighted by Crippen LogP contribution is -2.48. The van der Waals surface area contributed by atoms with E-state index in [9.17, 15) is 4.79 Å². The van der Waals surface area contributed by atoms with Crippen LogP contribution in [0.2, 0.25) is 0 Å². The van der Waals surface area contributed by atoms with Crippen molar-refractivity contribution in [3.8, 4) is 0 Å². The number of amides is 1. The van der Waals surface area contributed by atoms with Gasteiger partial charge in [-0.05, 0) is 38.8 Å². The Hall–Kier alpha value is -2.03. The summed E-state index contributed by atoms with van der Waals surface area (Å²) in [6.45, 7) is 12.0. The third-order valence-corrected chi connectivity index (χ3v) is 3.96. The molecular formula is C19H28N2O. The van der Waals surface area contributed by atoms with Crippen LogP contribution in [0, 0.1) is 0 Å². The number of allylic oxidation sites excluding steroid dienone is 2. The molecule has 1 aromatic carbocycles. The minimum absolute atomic E-state index is 0.0870. The van der Waals surface area contributed by atoms with Crippen molar-refractivity contribution < 1.29 is 4.79 Å². The monoisotopic (exact) mass is 300 g/mol. The molecule has 1 aromatic rings. The molecule has 0 aliphatic heterocycles. The quantitative estimate of drug-likeness (QED) is 0.781. The summed E-state index contributed by atoms with van der Waals surface area (Å²) in [6.07, 6.45) is 2.64. The molecule has 0 aromatic heterocycles. The van der Waals surface area contributed by atoms with Crippen LogP contribution in [0.3, 0.4) is 0 Å². The molecule has 0 aliphatic rings. The maximum atomic E-state index is 12.7. The number of hydrogen-bond acceptors (Lipinski definition) is 2. The van der Waals surface area contributed by atoms with Gasteiger partial charge in [-0.1, -0.05) is 43.0 Å². The Morgan fingerprint density at radius 1 is 1.32 bits per heavy atom. The maximum absolute atomic E-state index is 12.7. The fraction of sp³-hybridized carbons (Fsp3) is 0.421. The van der Waals surface area contributed by atoms with Gasteiger partial charge in [-0.25, -0.2) is 0 Å². The molecule has 1 rings (SSSR count). The van der Waals surface area contributed by atoms with Crippen LogP contribution in [0.15, 0.2) is 54.3 Å². The van der Waals surface area contributed by atoms with Gasteiger partial charge in [0.15, 0.2) is 0 Å². The second-order valence-electron chi connectivity index (χ2n) is 5.88. The number of rotatable bonds is 7. The largest absolute Gasteiger partial charge is 0.374 e. The molecule has 0 heterocycles. The molecule has 120 valence electrons. The summed E-state index contributed by atoms with van der Waals surface area (Å²) in [5, 5.41) is 3.30. The number of hydrogen-bond donors (Lipinski definition) is 1. The summed E-state index contributed by atoms with van der Waals surface area (Å²) in [6, 6.07) is 9.92. The molecule has 0 bridgehead atoms. The number of likely N-dealkylation sites (N-methyl/N-ethyl adjacent to an activating group) is 1. The van der Waals surface area contributed by atoms with Gasteiger partial charge in [0.2, 0.25) is 5.91 Å². The van der Waals surface area contributed by atoms with E-state index in [-0.39, 0.29) is 18.0 Å². The number of carbonyl (C=O) groups excluding carboxylic acids is 1. The van der Waals surface area contributed by atoms with Crippen LogP contribution in [0.5, 0.6) is 0 Å².